The zero-order valence-corrected chi connectivity index (χ0v) is 25.1. The van der Waals surface area contributed by atoms with Crippen LogP contribution in [-0.2, 0) is 31.5 Å². The van der Waals surface area contributed by atoms with E-state index in [1.165, 1.54) is 16.4 Å². The monoisotopic (exact) mass is 554 g/mol. The number of rotatable bonds is 7. The standard InChI is InChI=1S/C30H42N4O4S/c1-29(2,3)19-27(35)31-22-8-11-24(12-9-22)39(36,37)33(7)23-10-13-26-25(18-23)32-28(30(4,5)6)34(26)20-21-14-16-38-17-15-21/h8-13,18,21H,14-17,19-20H2,1-7H3,(H,31,35). The lowest BCUT2D eigenvalue weighted by Crippen LogP contribution is -2.26. The van der Waals surface area contributed by atoms with Crippen LogP contribution in [0.3, 0.4) is 0 Å². The van der Waals surface area contributed by atoms with Gasteiger partial charge in [0.15, 0.2) is 0 Å². The minimum Gasteiger partial charge on any atom is -0.381 e. The van der Waals surface area contributed by atoms with Crippen molar-refractivity contribution in [3.63, 3.8) is 0 Å². The zero-order chi connectivity index (χ0) is 28.6. The van der Waals surface area contributed by atoms with Crippen molar-refractivity contribution in [1.29, 1.82) is 0 Å². The molecule has 3 aromatic rings. The normalized spacial score (nSPS) is 15.5. The molecule has 1 amide bonds. The van der Waals surface area contributed by atoms with Gasteiger partial charge in [0.1, 0.15) is 5.82 Å². The van der Waals surface area contributed by atoms with Crippen LogP contribution in [0.4, 0.5) is 11.4 Å². The van der Waals surface area contributed by atoms with Crippen LogP contribution in [0, 0.1) is 11.3 Å². The van der Waals surface area contributed by atoms with Gasteiger partial charge < -0.3 is 14.6 Å². The number of fused-ring (bicyclic) bond motifs is 1. The molecule has 2 aromatic carbocycles. The van der Waals surface area contributed by atoms with Crippen molar-refractivity contribution in [1.82, 2.24) is 9.55 Å². The van der Waals surface area contributed by atoms with E-state index in [0.29, 0.717) is 23.7 Å². The second-order valence-electron chi connectivity index (χ2n) is 12.8. The van der Waals surface area contributed by atoms with Gasteiger partial charge in [0.2, 0.25) is 5.91 Å². The van der Waals surface area contributed by atoms with Gasteiger partial charge >= 0.3 is 0 Å². The molecule has 0 radical (unpaired) electrons. The van der Waals surface area contributed by atoms with Crippen molar-refractivity contribution in [2.24, 2.45) is 11.3 Å². The number of nitrogens with zero attached hydrogens (tertiary/aromatic N) is 3. The van der Waals surface area contributed by atoms with Gasteiger partial charge in [-0.1, -0.05) is 41.5 Å². The lowest BCUT2D eigenvalue weighted by atomic mass is 9.92. The number of ether oxygens (including phenoxy) is 1. The molecule has 0 bridgehead atoms. The van der Waals surface area contributed by atoms with Crippen LogP contribution >= 0.6 is 0 Å². The Labute approximate surface area is 232 Å². The summed E-state index contributed by atoms with van der Waals surface area (Å²) < 4.78 is 36.1. The Morgan fingerprint density at radius 3 is 2.28 bits per heavy atom. The molecule has 1 saturated heterocycles. The molecular weight excluding hydrogens is 512 g/mol. The Kier molecular flexibility index (Phi) is 8.15. The van der Waals surface area contributed by atoms with Crippen LogP contribution in [0.1, 0.15) is 66.6 Å². The number of imidazole rings is 1. The molecule has 0 saturated carbocycles. The summed E-state index contributed by atoms with van der Waals surface area (Å²) in [4.78, 5) is 17.4. The van der Waals surface area contributed by atoms with E-state index in [1.807, 2.05) is 39.0 Å². The summed E-state index contributed by atoms with van der Waals surface area (Å²) in [6.07, 6.45) is 2.43. The van der Waals surface area contributed by atoms with Crippen molar-refractivity contribution in [3.8, 4) is 0 Å². The average molecular weight is 555 g/mol. The number of sulfonamides is 1. The van der Waals surface area contributed by atoms with E-state index >= 15 is 0 Å². The first-order valence-electron chi connectivity index (χ1n) is 13.6. The van der Waals surface area contributed by atoms with Crippen molar-refractivity contribution >= 4 is 38.3 Å². The highest BCUT2D eigenvalue weighted by Crippen LogP contribution is 2.32. The lowest BCUT2D eigenvalue weighted by molar-refractivity contribution is -0.117. The fourth-order valence-electron chi connectivity index (χ4n) is 4.95. The topological polar surface area (TPSA) is 93.5 Å². The Hall–Kier alpha value is -2.91. The molecule has 1 fully saturated rings. The minimum atomic E-state index is -3.82. The second kappa shape index (κ2) is 10.9. The fourth-order valence-corrected chi connectivity index (χ4v) is 6.14. The molecule has 1 aliphatic heterocycles. The highest BCUT2D eigenvalue weighted by atomic mass is 32.2. The summed E-state index contributed by atoms with van der Waals surface area (Å²) in [5.41, 5.74) is 2.61. The summed E-state index contributed by atoms with van der Waals surface area (Å²) >= 11 is 0. The number of benzene rings is 2. The lowest BCUT2D eigenvalue weighted by Gasteiger charge is -2.26. The molecule has 1 N–H and O–H groups in total. The summed E-state index contributed by atoms with van der Waals surface area (Å²) in [5, 5.41) is 2.84. The third-order valence-electron chi connectivity index (χ3n) is 7.04. The minimum absolute atomic E-state index is 0.102. The maximum Gasteiger partial charge on any atom is 0.264 e. The van der Waals surface area contributed by atoms with E-state index in [4.69, 9.17) is 9.72 Å². The molecule has 0 aliphatic carbocycles. The predicted molar refractivity (Wildman–Crippen MR) is 157 cm³/mol. The molecule has 0 atom stereocenters. The first kappa shape index (κ1) is 29.1. The molecule has 4 rings (SSSR count). The SMILES string of the molecule is CN(c1ccc2c(c1)nc(C(C)(C)C)n2CC1CCOCC1)S(=O)(=O)c1ccc(NC(=O)CC(C)(C)C)cc1. The molecule has 0 spiro atoms. The number of hydrogen-bond donors (Lipinski definition) is 1. The van der Waals surface area contributed by atoms with Crippen LogP contribution in [0.2, 0.25) is 0 Å². The second-order valence-corrected chi connectivity index (χ2v) is 14.8. The number of aromatic nitrogens is 2. The number of anilines is 2. The Balaban J connectivity index is 1.59. The van der Waals surface area contributed by atoms with Gasteiger partial charge in [0.05, 0.1) is 21.6 Å². The Morgan fingerprint density at radius 2 is 1.69 bits per heavy atom. The molecule has 212 valence electrons. The highest BCUT2D eigenvalue weighted by Gasteiger charge is 2.27. The molecule has 2 heterocycles. The van der Waals surface area contributed by atoms with Gasteiger partial charge in [-0.05, 0) is 66.6 Å². The quantitative estimate of drug-likeness (QED) is 0.389. The number of amides is 1. The summed E-state index contributed by atoms with van der Waals surface area (Å²) in [7, 11) is -2.26. The highest BCUT2D eigenvalue weighted by molar-refractivity contribution is 7.92. The third-order valence-corrected chi connectivity index (χ3v) is 8.84. The maximum absolute atomic E-state index is 13.5. The van der Waals surface area contributed by atoms with E-state index < -0.39 is 10.0 Å². The smallest absolute Gasteiger partial charge is 0.264 e. The van der Waals surface area contributed by atoms with Gasteiger partial charge in [0.25, 0.3) is 10.0 Å². The average Bonchev–Trinajstić information content (AvgIpc) is 3.21. The van der Waals surface area contributed by atoms with Crippen LogP contribution in [0.5, 0.6) is 0 Å². The maximum atomic E-state index is 13.5. The summed E-state index contributed by atoms with van der Waals surface area (Å²) in [6, 6.07) is 12.0. The number of carbonyl (C=O) groups is 1. The van der Waals surface area contributed by atoms with Gasteiger partial charge in [-0.2, -0.15) is 0 Å². The Morgan fingerprint density at radius 1 is 1.05 bits per heavy atom. The summed E-state index contributed by atoms with van der Waals surface area (Å²) in [6.45, 7) is 14.9. The molecule has 9 heteroatoms. The fraction of sp³-hybridized carbons (Fsp3) is 0.533. The van der Waals surface area contributed by atoms with Gasteiger partial charge in [-0.25, -0.2) is 13.4 Å². The van der Waals surface area contributed by atoms with E-state index in [1.54, 1.807) is 19.2 Å². The zero-order valence-electron chi connectivity index (χ0n) is 24.2. The molecule has 39 heavy (non-hydrogen) atoms. The van der Waals surface area contributed by atoms with E-state index in [-0.39, 0.29) is 21.6 Å². The number of nitrogens with one attached hydrogen (secondary N) is 1. The summed E-state index contributed by atoms with van der Waals surface area (Å²) in [5.74, 6) is 1.42. The molecular formula is C30H42N4O4S. The van der Waals surface area contributed by atoms with Crippen LogP contribution in [-0.4, -0.2) is 44.1 Å². The van der Waals surface area contributed by atoms with E-state index in [9.17, 15) is 13.2 Å². The molecule has 1 aromatic heterocycles. The van der Waals surface area contributed by atoms with Gasteiger partial charge in [-0.15, -0.1) is 0 Å². The first-order valence-corrected chi connectivity index (χ1v) is 15.1. The van der Waals surface area contributed by atoms with Crippen molar-refractivity contribution in [2.45, 2.75) is 77.7 Å². The van der Waals surface area contributed by atoms with Crippen LogP contribution in [0.25, 0.3) is 11.0 Å². The van der Waals surface area contributed by atoms with Crippen LogP contribution < -0.4 is 9.62 Å². The predicted octanol–water partition coefficient (Wildman–Crippen LogP) is 5.96. The Bertz CT molecular complexity index is 1420. The largest absolute Gasteiger partial charge is 0.381 e. The van der Waals surface area contributed by atoms with E-state index in [0.717, 1.165) is 49.5 Å². The van der Waals surface area contributed by atoms with Crippen molar-refractivity contribution < 1.29 is 17.9 Å². The van der Waals surface area contributed by atoms with E-state index in [2.05, 4.69) is 30.7 Å². The van der Waals surface area contributed by atoms with Crippen LogP contribution in [0.15, 0.2) is 47.4 Å². The number of hydrogen-bond acceptors (Lipinski definition) is 5. The number of carbonyl (C=O) groups excluding carboxylic acids is 1. The molecule has 1 aliphatic rings. The van der Waals surface area contributed by atoms with Crippen molar-refractivity contribution in [3.05, 3.63) is 48.3 Å². The van der Waals surface area contributed by atoms with Crippen molar-refractivity contribution in [2.75, 3.05) is 29.9 Å². The van der Waals surface area contributed by atoms with Gasteiger partial charge in [-0.3, -0.25) is 9.10 Å². The molecule has 8 nitrogen and oxygen atoms in total. The van der Waals surface area contributed by atoms with Gasteiger partial charge in [0, 0.05) is 44.3 Å². The third kappa shape index (κ3) is 6.81. The first-order chi connectivity index (χ1) is 18.1. The molecule has 0 unspecified atom stereocenters.